The summed E-state index contributed by atoms with van der Waals surface area (Å²) in [6, 6.07) is 14.3. The van der Waals surface area contributed by atoms with Crippen molar-refractivity contribution in [3.63, 3.8) is 0 Å². The SMILES string of the molecule is O=C(C1CNNC1c1cccc(Cl)c1)N1CCN(c2ccccc2F)CC1. The number of piperazine rings is 1. The fourth-order valence-electron chi connectivity index (χ4n) is 3.85. The fraction of sp³-hybridized carbons (Fsp3) is 0.350. The van der Waals surface area contributed by atoms with E-state index in [-0.39, 0.29) is 23.7 Å². The Labute approximate surface area is 163 Å². The quantitative estimate of drug-likeness (QED) is 0.848. The molecule has 2 N–H and O–H groups in total. The third-order valence-electron chi connectivity index (χ3n) is 5.29. The zero-order valence-electron chi connectivity index (χ0n) is 14.9. The molecule has 27 heavy (non-hydrogen) atoms. The van der Waals surface area contributed by atoms with Crippen LogP contribution in [0.5, 0.6) is 0 Å². The number of hydrogen-bond acceptors (Lipinski definition) is 4. The molecular weight excluding hydrogens is 367 g/mol. The van der Waals surface area contributed by atoms with Gasteiger partial charge in [0.25, 0.3) is 0 Å². The number of benzene rings is 2. The number of carbonyl (C=O) groups is 1. The zero-order valence-corrected chi connectivity index (χ0v) is 15.6. The third-order valence-corrected chi connectivity index (χ3v) is 5.53. The lowest BCUT2D eigenvalue weighted by molar-refractivity contribution is -0.135. The van der Waals surface area contributed by atoms with Crippen LogP contribution in [0.4, 0.5) is 10.1 Å². The van der Waals surface area contributed by atoms with Gasteiger partial charge in [0.05, 0.1) is 17.6 Å². The maximum absolute atomic E-state index is 14.0. The van der Waals surface area contributed by atoms with Crippen LogP contribution in [-0.2, 0) is 4.79 Å². The van der Waals surface area contributed by atoms with Crippen molar-refractivity contribution in [1.82, 2.24) is 15.8 Å². The van der Waals surface area contributed by atoms with E-state index in [4.69, 9.17) is 11.6 Å². The number of halogens is 2. The van der Waals surface area contributed by atoms with Gasteiger partial charge in [-0.2, -0.15) is 0 Å². The molecule has 2 unspecified atom stereocenters. The highest BCUT2D eigenvalue weighted by Crippen LogP contribution is 2.29. The Morgan fingerprint density at radius 3 is 2.59 bits per heavy atom. The molecule has 2 atom stereocenters. The monoisotopic (exact) mass is 388 g/mol. The number of nitrogens with zero attached hydrogens (tertiary/aromatic N) is 2. The average Bonchev–Trinajstić information content (AvgIpc) is 3.18. The van der Waals surface area contributed by atoms with Gasteiger partial charge in [-0.1, -0.05) is 35.9 Å². The summed E-state index contributed by atoms with van der Waals surface area (Å²) in [5.41, 5.74) is 7.90. The molecule has 2 aromatic carbocycles. The molecule has 1 amide bonds. The summed E-state index contributed by atoms with van der Waals surface area (Å²) in [4.78, 5) is 17.0. The molecule has 2 fully saturated rings. The molecule has 0 aromatic heterocycles. The average molecular weight is 389 g/mol. The second-order valence-corrected chi connectivity index (χ2v) is 7.36. The second kappa shape index (κ2) is 7.84. The molecule has 7 heteroatoms. The molecule has 0 bridgehead atoms. The van der Waals surface area contributed by atoms with Gasteiger partial charge in [-0.05, 0) is 29.8 Å². The highest BCUT2D eigenvalue weighted by atomic mass is 35.5. The molecule has 0 radical (unpaired) electrons. The number of carbonyl (C=O) groups excluding carboxylic acids is 1. The lowest BCUT2D eigenvalue weighted by Crippen LogP contribution is -2.51. The molecule has 0 spiro atoms. The van der Waals surface area contributed by atoms with Crippen LogP contribution >= 0.6 is 11.6 Å². The largest absolute Gasteiger partial charge is 0.366 e. The Kier molecular flexibility index (Phi) is 5.29. The highest BCUT2D eigenvalue weighted by Gasteiger charge is 2.37. The number of rotatable bonds is 3. The Balaban J connectivity index is 1.42. The van der Waals surface area contributed by atoms with Crippen LogP contribution in [0.25, 0.3) is 0 Å². The number of hydrazine groups is 1. The van der Waals surface area contributed by atoms with Crippen LogP contribution in [-0.4, -0.2) is 43.5 Å². The fourth-order valence-corrected chi connectivity index (χ4v) is 4.05. The Morgan fingerprint density at radius 2 is 1.85 bits per heavy atom. The standard InChI is InChI=1S/C20H22ClFN4O/c21-15-5-3-4-14(12-15)19-16(13-23-24-19)20(27)26-10-8-25(9-11-26)18-7-2-1-6-17(18)22/h1-7,12,16,19,23-24H,8-11,13H2. The van der Waals surface area contributed by atoms with E-state index in [9.17, 15) is 9.18 Å². The smallest absolute Gasteiger partial charge is 0.229 e. The van der Waals surface area contributed by atoms with E-state index in [1.54, 1.807) is 12.1 Å². The molecule has 2 aromatic rings. The van der Waals surface area contributed by atoms with E-state index in [0.717, 1.165) is 5.56 Å². The predicted molar refractivity (Wildman–Crippen MR) is 104 cm³/mol. The van der Waals surface area contributed by atoms with Gasteiger partial charge in [-0.15, -0.1) is 0 Å². The first-order valence-electron chi connectivity index (χ1n) is 9.15. The molecule has 2 aliphatic heterocycles. The van der Waals surface area contributed by atoms with Crippen LogP contribution < -0.4 is 15.8 Å². The Morgan fingerprint density at radius 1 is 1.07 bits per heavy atom. The highest BCUT2D eigenvalue weighted by molar-refractivity contribution is 6.30. The van der Waals surface area contributed by atoms with Crippen LogP contribution in [0.1, 0.15) is 11.6 Å². The van der Waals surface area contributed by atoms with Crippen LogP contribution in [0.2, 0.25) is 5.02 Å². The van der Waals surface area contributed by atoms with Crippen molar-refractivity contribution < 1.29 is 9.18 Å². The minimum atomic E-state index is -0.220. The molecule has 0 saturated carbocycles. The van der Waals surface area contributed by atoms with Crippen molar-refractivity contribution >= 4 is 23.2 Å². The first-order valence-corrected chi connectivity index (χ1v) is 9.53. The molecule has 2 aliphatic rings. The van der Waals surface area contributed by atoms with Gasteiger partial charge in [-0.3, -0.25) is 10.2 Å². The third kappa shape index (κ3) is 3.78. The lowest BCUT2D eigenvalue weighted by Gasteiger charge is -2.37. The minimum absolute atomic E-state index is 0.110. The van der Waals surface area contributed by atoms with E-state index in [0.29, 0.717) is 43.4 Å². The van der Waals surface area contributed by atoms with Gasteiger partial charge in [0, 0.05) is 37.7 Å². The van der Waals surface area contributed by atoms with E-state index in [2.05, 4.69) is 10.9 Å². The molecular formula is C20H22ClFN4O. The second-order valence-electron chi connectivity index (χ2n) is 6.93. The number of hydrogen-bond donors (Lipinski definition) is 2. The number of nitrogens with one attached hydrogen (secondary N) is 2. The summed E-state index contributed by atoms with van der Waals surface area (Å²) in [6.07, 6.45) is 0. The van der Waals surface area contributed by atoms with Crippen molar-refractivity contribution in [2.24, 2.45) is 5.92 Å². The summed E-state index contributed by atoms with van der Waals surface area (Å²) in [6.45, 7) is 3.01. The van der Waals surface area contributed by atoms with E-state index in [1.165, 1.54) is 6.07 Å². The number of para-hydroxylation sites is 1. The van der Waals surface area contributed by atoms with Gasteiger partial charge in [0.1, 0.15) is 5.82 Å². The first-order chi connectivity index (χ1) is 13.1. The van der Waals surface area contributed by atoms with Gasteiger partial charge in [0.2, 0.25) is 5.91 Å². The molecule has 142 valence electrons. The Bertz CT molecular complexity index is 825. The van der Waals surface area contributed by atoms with Crippen LogP contribution in [0.15, 0.2) is 48.5 Å². The topological polar surface area (TPSA) is 47.6 Å². The van der Waals surface area contributed by atoms with Crippen molar-refractivity contribution in [3.05, 3.63) is 64.9 Å². The molecule has 2 saturated heterocycles. The summed E-state index contributed by atoms with van der Waals surface area (Å²) < 4.78 is 14.0. The van der Waals surface area contributed by atoms with Gasteiger partial charge in [-0.25, -0.2) is 9.82 Å². The van der Waals surface area contributed by atoms with Gasteiger partial charge >= 0.3 is 0 Å². The molecule has 4 rings (SSSR count). The predicted octanol–water partition coefficient (Wildman–Crippen LogP) is 2.59. The molecule has 2 heterocycles. The maximum atomic E-state index is 14.0. The number of anilines is 1. The van der Waals surface area contributed by atoms with E-state index >= 15 is 0 Å². The maximum Gasteiger partial charge on any atom is 0.229 e. The van der Waals surface area contributed by atoms with Crippen LogP contribution in [0.3, 0.4) is 0 Å². The Hall–Kier alpha value is -2.15. The van der Waals surface area contributed by atoms with Crippen molar-refractivity contribution in [1.29, 1.82) is 0 Å². The number of amides is 1. The summed E-state index contributed by atoms with van der Waals surface area (Å²) in [5, 5.41) is 0.658. The lowest BCUT2D eigenvalue weighted by atomic mass is 9.93. The summed E-state index contributed by atoms with van der Waals surface area (Å²) >= 11 is 6.11. The normalized spacial score (nSPS) is 22.9. The molecule has 0 aliphatic carbocycles. The van der Waals surface area contributed by atoms with Gasteiger partial charge in [0.15, 0.2) is 0 Å². The van der Waals surface area contributed by atoms with Gasteiger partial charge < -0.3 is 9.80 Å². The van der Waals surface area contributed by atoms with Crippen LogP contribution in [0, 0.1) is 11.7 Å². The van der Waals surface area contributed by atoms with Crippen molar-refractivity contribution in [2.75, 3.05) is 37.6 Å². The summed E-state index contributed by atoms with van der Waals surface area (Å²) in [5.74, 6) is -0.295. The summed E-state index contributed by atoms with van der Waals surface area (Å²) in [7, 11) is 0. The zero-order chi connectivity index (χ0) is 18.8. The van der Waals surface area contributed by atoms with E-state index in [1.807, 2.05) is 40.1 Å². The minimum Gasteiger partial charge on any atom is -0.366 e. The van der Waals surface area contributed by atoms with Crippen molar-refractivity contribution in [3.8, 4) is 0 Å². The van der Waals surface area contributed by atoms with Crippen molar-refractivity contribution in [2.45, 2.75) is 6.04 Å². The first kappa shape index (κ1) is 18.2. The molecule has 5 nitrogen and oxygen atoms in total. The van der Waals surface area contributed by atoms with E-state index < -0.39 is 0 Å².